The van der Waals surface area contributed by atoms with Gasteiger partial charge in [-0.1, -0.05) is 29.8 Å². The standard InChI is InChI=1S/C20H23ClN6O3S2/c1-13-10-14(2)27-19(22-13)24-20(25-27)31-12-18(28)23-15-6-7-16(21)17(11-15)32(29,30)26-8-4-3-5-9-26/h6-7,10-11H,3-5,8-9,12H2,1-2H3,(H,23,28). The molecule has 0 atom stereocenters. The van der Waals surface area contributed by atoms with Gasteiger partial charge in [0.05, 0.1) is 10.8 Å². The fraction of sp³-hybridized carbons (Fsp3) is 0.400. The zero-order valence-electron chi connectivity index (χ0n) is 17.7. The number of thioether (sulfide) groups is 1. The molecule has 9 nitrogen and oxygen atoms in total. The maximum atomic E-state index is 13.0. The third-order valence-electron chi connectivity index (χ3n) is 5.08. The third kappa shape index (κ3) is 4.90. The van der Waals surface area contributed by atoms with E-state index in [0.717, 1.165) is 30.7 Å². The van der Waals surface area contributed by atoms with Gasteiger partial charge in [0.15, 0.2) is 0 Å². The van der Waals surface area contributed by atoms with E-state index in [1.54, 1.807) is 10.6 Å². The van der Waals surface area contributed by atoms with Crippen molar-refractivity contribution in [2.75, 3.05) is 24.2 Å². The van der Waals surface area contributed by atoms with Crippen LogP contribution in [0.1, 0.15) is 30.7 Å². The molecule has 1 amide bonds. The first-order valence-corrected chi connectivity index (χ1v) is 13.0. The maximum Gasteiger partial charge on any atom is 0.253 e. The molecule has 0 aliphatic carbocycles. The van der Waals surface area contributed by atoms with Gasteiger partial charge in [-0.15, -0.1) is 5.10 Å². The summed E-state index contributed by atoms with van der Waals surface area (Å²) in [7, 11) is -3.71. The summed E-state index contributed by atoms with van der Waals surface area (Å²) in [5.41, 5.74) is 2.11. The maximum absolute atomic E-state index is 13.0. The Morgan fingerprint density at radius 2 is 1.91 bits per heavy atom. The number of rotatable bonds is 6. The van der Waals surface area contributed by atoms with E-state index in [1.807, 2.05) is 19.9 Å². The van der Waals surface area contributed by atoms with Crippen LogP contribution in [0, 0.1) is 13.8 Å². The average Bonchev–Trinajstić information content (AvgIpc) is 3.17. The summed E-state index contributed by atoms with van der Waals surface area (Å²) in [6, 6.07) is 6.38. The lowest BCUT2D eigenvalue weighted by molar-refractivity contribution is -0.113. The molecule has 3 heterocycles. The number of piperidine rings is 1. The van der Waals surface area contributed by atoms with Gasteiger partial charge >= 0.3 is 0 Å². The predicted octanol–water partition coefficient (Wildman–Crippen LogP) is 3.30. The Bertz CT molecular complexity index is 1270. The Morgan fingerprint density at radius 1 is 1.16 bits per heavy atom. The molecule has 2 aromatic heterocycles. The second-order valence-electron chi connectivity index (χ2n) is 7.59. The molecule has 4 rings (SSSR count). The summed E-state index contributed by atoms with van der Waals surface area (Å²) >= 11 is 7.37. The van der Waals surface area contributed by atoms with E-state index in [-0.39, 0.29) is 21.6 Å². The van der Waals surface area contributed by atoms with Gasteiger partial charge in [0.2, 0.25) is 21.1 Å². The number of benzene rings is 1. The van der Waals surface area contributed by atoms with E-state index in [0.29, 0.717) is 29.7 Å². The largest absolute Gasteiger partial charge is 0.325 e. The molecular formula is C20H23ClN6O3S2. The number of aryl methyl sites for hydroxylation is 2. The second-order valence-corrected chi connectivity index (χ2v) is 10.8. The summed E-state index contributed by atoms with van der Waals surface area (Å²) in [4.78, 5) is 21.1. The highest BCUT2D eigenvalue weighted by molar-refractivity contribution is 7.99. The van der Waals surface area contributed by atoms with E-state index < -0.39 is 10.0 Å². The lowest BCUT2D eigenvalue weighted by Gasteiger charge is -2.26. The Labute approximate surface area is 195 Å². The van der Waals surface area contributed by atoms with E-state index in [9.17, 15) is 13.2 Å². The molecule has 0 unspecified atom stereocenters. The third-order valence-corrected chi connectivity index (χ3v) is 8.30. The monoisotopic (exact) mass is 494 g/mol. The number of fused-ring (bicyclic) bond motifs is 1. The van der Waals surface area contributed by atoms with Crippen LogP contribution in [-0.2, 0) is 14.8 Å². The van der Waals surface area contributed by atoms with Crippen molar-refractivity contribution in [2.24, 2.45) is 0 Å². The van der Waals surface area contributed by atoms with Crippen molar-refractivity contribution in [3.8, 4) is 0 Å². The van der Waals surface area contributed by atoms with E-state index >= 15 is 0 Å². The zero-order valence-corrected chi connectivity index (χ0v) is 20.1. The van der Waals surface area contributed by atoms with Crippen LogP contribution < -0.4 is 5.32 Å². The number of carbonyl (C=O) groups is 1. The Hall–Kier alpha value is -2.21. The van der Waals surface area contributed by atoms with Crippen molar-refractivity contribution in [1.82, 2.24) is 23.9 Å². The van der Waals surface area contributed by atoms with Gasteiger partial charge in [0.1, 0.15) is 4.90 Å². The smallest absolute Gasteiger partial charge is 0.253 e. The minimum atomic E-state index is -3.71. The molecule has 1 fully saturated rings. The molecule has 3 aromatic rings. The molecule has 1 aromatic carbocycles. The van der Waals surface area contributed by atoms with Crippen LogP contribution in [0.5, 0.6) is 0 Å². The summed E-state index contributed by atoms with van der Waals surface area (Å²) in [5.74, 6) is 0.236. The van der Waals surface area contributed by atoms with Crippen LogP contribution in [0.2, 0.25) is 5.02 Å². The fourth-order valence-corrected chi connectivity index (χ4v) is 6.19. The lowest BCUT2D eigenvalue weighted by Crippen LogP contribution is -2.35. The minimum Gasteiger partial charge on any atom is -0.325 e. The highest BCUT2D eigenvalue weighted by atomic mass is 35.5. The fourth-order valence-electron chi connectivity index (χ4n) is 3.56. The van der Waals surface area contributed by atoms with Crippen LogP contribution in [0.4, 0.5) is 5.69 Å². The molecule has 0 spiro atoms. The number of sulfonamides is 1. The van der Waals surface area contributed by atoms with Gasteiger partial charge in [-0.25, -0.2) is 17.9 Å². The van der Waals surface area contributed by atoms with Gasteiger partial charge in [0.25, 0.3) is 5.78 Å². The summed E-state index contributed by atoms with van der Waals surface area (Å²) in [6.07, 6.45) is 2.68. The average molecular weight is 495 g/mol. The number of hydrogen-bond acceptors (Lipinski definition) is 7. The van der Waals surface area contributed by atoms with E-state index in [2.05, 4.69) is 20.4 Å². The van der Waals surface area contributed by atoms with Gasteiger partial charge in [0, 0.05) is 30.2 Å². The molecule has 32 heavy (non-hydrogen) atoms. The first kappa shape index (κ1) is 23.0. The molecule has 1 N–H and O–H groups in total. The van der Waals surface area contributed by atoms with Crippen molar-refractivity contribution >= 4 is 50.8 Å². The molecule has 1 aliphatic rings. The predicted molar refractivity (Wildman–Crippen MR) is 124 cm³/mol. The first-order valence-electron chi connectivity index (χ1n) is 10.2. The zero-order chi connectivity index (χ0) is 22.9. The lowest BCUT2D eigenvalue weighted by atomic mass is 10.2. The van der Waals surface area contributed by atoms with Crippen LogP contribution in [0.15, 0.2) is 34.3 Å². The van der Waals surface area contributed by atoms with Gasteiger partial charge in [-0.3, -0.25) is 4.79 Å². The van der Waals surface area contributed by atoms with Crippen LogP contribution in [-0.4, -0.2) is 57.1 Å². The Balaban J connectivity index is 1.44. The molecule has 1 aliphatic heterocycles. The van der Waals surface area contributed by atoms with Crippen molar-refractivity contribution in [2.45, 2.75) is 43.2 Å². The highest BCUT2D eigenvalue weighted by Gasteiger charge is 2.28. The van der Waals surface area contributed by atoms with Crippen molar-refractivity contribution in [3.63, 3.8) is 0 Å². The van der Waals surface area contributed by atoms with Crippen molar-refractivity contribution < 1.29 is 13.2 Å². The number of nitrogens with zero attached hydrogens (tertiary/aromatic N) is 5. The van der Waals surface area contributed by atoms with Crippen molar-refractivity contribution in [3.05, 3.63) is 40.7 Å². The number of anilines is 1. The number of hydrogen-bond donors (Lipinski definition) is 1. The topological polar surface area (TPSA) is 110 Å². The van der Waals surface area contributed by atoms with Gasteiger partial charge < -0.3 is 5.32 Å². The minimum absolute atomic E-state index is 0.00505. The number of amides is 1. The number of aromatic nitrogens is 4. The normalized spacial score (nSPS) is 15.2. The summed E-state index contributed by atoms with van der Waals surface area (Å²) in [5, 5.41) is 7.67. The summed E-state index contributed by atoms with van der Waals surface area (Å²) in [6.45, 7) is 4.75. The SMILES string of the molecule is Cc1cc(C)n2nc(SCC(=O)Nc3ccc(Cl)c(S(=O)(=O)N4CCCCC4)c3)nc2n1. The molecule has 0 saturated carbocycles. The van der Waals surface area contributed by atoms with Gasteiger partial charge in [-0.2, -0.15) is 9.29 Å². The second kappa shape index (κ2) is 9.34. The van der Waals surface area contributed by atoms with E-state index in [1.165, 1.54) is 28.2 Å². The molecule has 12 heteroatoms. The van der Waals surface area contributed by atoms with Crippen LogP contribution in [0.3, 0.4) is 0 Å². The molecular weight excluding hydrogens is 472 g/mol. The number of halogens is 1. The first-order chi connectivity index (χ1) is 15.2. The quantitative estimate of drug-likeness (QED) is 0.523. The molecule has 0 bridgehead atoms. The Kier molecular flexibility index (Phi) is 6.70. The summed E-state index contributed by atoms with van der Waals surface area (Å²) < 4.78 is 29.1. The molecule has 0 radical (unpaired) electrons. The molecule has 170 valence electrons. The number of nitrogens with one attached hydrogen (secondary N) is 1. The van der Waals surface area contributed by atoms with Gasteiger partial charge in [-0.05, 0) is 51.0 Å². The highest BCUT2D eigenvalue weighted by Crippen LogP contribution is 2.29. The van der Waals surface area contributed by atoms with Crippen LogP contribution >= 0.6 is 23.4 Å². The molecule has 1 saturated heterocycles. The number of carbonyl (C=O) groups excluding carboxylic acids is 1. The Morgan fingerprint density at radius 3 is 2.66 bits per heavy atom. The van der Waals surface area contributed by atoms with Crippen LogP contribution in [0.25, 0.3) is 5.78 Å². The van der Waals surface area contributed by atoms with E-state index in [4.69, 9.17) is 11.6 Å². The van der Waals surface area contributed by atoms with Crippen molar-refractivity contribution in [1.29, 1.82) is 0 Å².